The van der Waals surface area contributed by atoms with E-state index in [1.54, 1.807) is 0 Å². The summed E-state index contributed by atoms with van der Waals surface area (Å²) in [6.07, 6.45) is 12.1. The zero-order valence-corrected chi connectivity index (χ0v) is 24.4. The standard InChI is InChI=1S/C24H30N2O3S.C5H5.ClH.Rh/c1-23(2)19-13-14-24(23,20(27)15-19)16-30(28,29)26-22(18-11-7-4-8-12-18)21(25)17-9-5-3-6-10-17;1-2-4-5-3-1;;/h3-12,19,21-22,26H,13-16,25H2,1-2H3;1-5H;1H;/p-1/t19?,21-,22-,24?;;;/m1.../s1. The Kier molecular flexibility index (Phi) is 11.5. The van der Waals surface area contributed by atoms with Crippen LogP contribution in [-0.4, -0.2) is 20.0 Å². The molecule has 0 heterocycles. The Hall–Kier alpha value is -1.11. The van der Waals surface area contributed by atoms with Crippen LogP contribution >= 0.6 is 0 Å². The van der Waals surface area contributed by atoms with Gasteiger partial charge in [-0.2, -0.15) is 0 Å². The summed E-state index contributed by atoms with van der Waals surface area (Å²) in [5, 5.41) is 0. The van der Waals surface area contributed by atoms with Gasteiger partial charge in [0.15, 0.2) is 0 Å². The Morgan fingerprint density at radius 1 is 0.919 bits per heavy atom. The molecule has 8 heteroatoms. The second kappa shape index (κ2) is 13.3. The van der Waals surface area contributed by atoms with Crippen molar-refractivity contribution in [2.24, 2.45) is 22.5 Å². The van der Waals surface area contributed by atoms with Crippen LogP contribution in [0.2, 0.25) is 0 Å². The maximum Gasteiger partial charge on any atom is 0.213 e. The first-order valence-electron chi connectivity index (χ1n) is 12.2. The molecule has 0 saturated heterocycles. The van der Waals surface area contributed by atoms with Crippen molar-refractivity contribution in [3.8, 4) is 0 Å². The first kappa shape index (κ1) is 32.1. The number of nitrogens with two attached hydrogens (primary N) is 1. The Bertz CT molecular complexity index is 1100. The predicted molar refractivity (Wildman–Crippen MR) is 140 cm³/mol. The van der Waals surface area contributed by atoms with Gasteiger partial charge in [0.05, 0.1) is 17.8 Å². The number of fused-ring (bicyclic) bond motifs is 2. The third kappa shape index (κ3) is 6.91. The van der Waals surface area contributed by atoms with E-state index in [2.05, 4.69) is 18.6 Å². The second-order valence-electron chi connectivity index (χ2n) is 10.3. The van der Waals surface area contributed by atoms with Gasteiger partial charge in [-0.3, -0.25) is 4.79 Å². The average molecular weight is 630 g/mol. The summed E-state index contributed by atoms with van der Waals surface area (Å²) in [6.45, 7) is 4.10. The maximum atomic E-state index is 13.4. The molecule has 3 N–H and O–H groups in total. The first-order valence-corrected chi connectivity index (χ1v) is 13.9. The van der Waals surface area contributed by atoms with E-state index in [9.17, 15) is 13.2 Å². The van der Waals surface area contributed by atoms with Crippen LogP contribution in [0.15, 0.2) is 60.7 Å². The number of nitrogens with one attached hydrogen (secondary N) is 1. The van der Waals surface area contributed by atoms with Crippen LogP contribution in [0.1, 0.15) is 56.3 Å². The monoisotopic (exact) mass is 629 g/mol. The minimum absolute atomic E-state index is 0. The number of halogens is 1. The number of benzene rings is 2. The van der Waals surface area contributed by atoms with Crippen LogP contribution in [0.25, 0.3) is 0 Å². The van der Waals surface area contributed by atoms with Crippen molar-refractivity contribution < 1.29 is 45.1 Å². The number of carbonyl (C=O) groups is 1. The molecule has 5 nitrogen and oxygen atoms in total. The molecule has 0 amide bonds. The fourth-order valence-corrected chi connectivity index (χ4v) is 7.94. The molecule has 2 unspecified atom stereocenters. The summed E-state index contributed by atoms with van der Waals surface area (Å²) in [5.74, 6) is 0.196. The molecule has 3 aliphatic rings. The molecule has 0 aliphatic heterocycles. The van der Waals surface area contributed by atoms with Gasteiger partial charge in [-0.25, -0.2) is 13.1 Å². The molecule has 6 radical (unpaired) electrons. The van der Waals surface area contributed by atoms with E-state index in [1.165, 1.54) is 0 Å². The number of sulfonamides is 1. The van der Waals surface area contributed by atoms with Crippen LogP contribution in [0.5, 0.6) is 0 Å². The molecule has 3 saturated carbocycles. The van der Waals surface area contributed by atoms with Gasteiger partial charge in [0.1, 0.15) is 5.78 Å². The third-order valence-corrected chi connectivity index (χ3v) is 9.63. The minimum atomic E-state index is -3.76. The molecule has 0 aromatic heterocycles. The predicted octanol–water partition coefficient (Wildman–Crippen LogP) is 1.77. The van der Waals surface area contributed by atoms with Crippen molar-refractivity contribution in [2.45, 2.75) is 45.2 Å². The number of carbonyl (C=O) groups excluding carboxylic acids is 1. The van der Waals surface area contributed by atoms with Gasteiger partial charge in [0, 0.05) is 31.3 Å². The van der Waals surface area contributed by atoms with E-state index in [-0.39, 0.29) is 54.8 Å². The van der Waals surface area contributed by atoms with Crippen molar-refractivity contribution in [1.29, 1.82) is 0 Å². The molecule has 2 aromatic carbocycles. The molecule has 5 rings (SSSR count). The molecule has 2 aromatic rings. The Morgan fingerprint density at radius 3 is 1.84 bits per heavy atom. The summed E-state index contributed by atoms with van der Waals surface area (Å²) >= 11 is 0. The topological polar surface area (TPSA) is 89.3 Å². The molecule has 37 heavy (non-hydrogen) atoms. The Labute approximate surface area is 242 Å². The molecular formula is C29H35ClN2O3RhS-. The van der Waals surface area contributed by atoms with Gasteiger partial charge in [0.2, 0.25) is 10.0 Å². The second-order valence-corrected chi connectivity index (χ2v) is 12.1. The largest absolute Gasteiger partial charge is 1.00 e. The van der Waals surface area contributed by atoms with Gasteiger partial charge in [-0.05, 0) is 67.4 Å². The van der Waals surface area contributed by atoms with Gasteiger partial charge < -0.3 is 18.1 Å². The molecule has 2 bridgehead atoms. The van der Waals surface area contributed by atoms with Crippen molar-refractivity contribution in [1.82, 2.24) is 4.72 Å². The van der Waals surface area contributed by atoms with Crippen LogP contribution in [-0.2, 0) is 34.3 Å². The first-order chi connectivity index (χ1) is 16.7. The maximum absolute atomic E-state index is 13.4. The van der Waals surface area contributed by atoms with E-state index in [0.29, 0.717) is 12.8 Å². The Balaban J connectivity index is 0.000000617. The smallest absolute Gasteiger partial charge is 0.213 e. The molecule has 3 aliphatic carbocycles. The number of ketones is 1. The van der Waals surface area contributed by atoms with E-state index >= 15 is 0 Å². The summed E-state index contributed by atoms with van der Waals surface area (Å²) in [7, 11) is -3.76. The minimum Gasteiger partial charge on any atom is -1.00 e. The zero-order chi connectivity index (χ0) is 25.1. The fraction of sp³-hybridized carbons (Fsp3) is 0.379. The fourth-order valence-electron chi connectivity index (χ4n) is 5.87. The third-order valence-electron chi connectivity index (χ3n) is 8.14. The SMILES string of the molecule is CC1(C)C2CCC1(CS(=O)(=O)N[C@H](c1ccccc1)[C@H](N)c1ccccc1)C(=O)C2.[CH]1[CH][CH][CH][CH]1.[Cl-].[Rh]. The molecule has 4 atom stereocenters. The summed E-state index contributed by atoms with van der Waals surface area (Å²) in [5.41, 5.74) is 7.09. The normalized spacial score (nSPS) is 25.3. The van der Waals surface area contributed by atoms with Crippen molar-refractivity contribution >= 4 is 15.8 Å². The number of rotatable bonds is 7. The van der Waals surface area contributed by atoms with Crippen LogP contribution in [0, 0.1) is 48.9 Å². The summed E-state index contributed by atoms with van der Waals surface area (Å²) < 4.78 is 29.7. The molecular weight excluding hydrogens is 595 g/mol. The van der Waals surface area contributed by atoms with Crippen LogP contribution in [0.4, 0.5) is 0 Å². The van der Waals surface area contributed by atoms with Gasteiger partial charge in [-0.15, -0.1) is 0 Å². The number of Topliss-reactive ketones (excluding diaryl/α,β-unsaturated/α-hetero) is 1. The van der Waals surface area contributed by atoms with Gasteiger partial charge in [0.25, 0.3) is 0 Å². The Morgan fingerprint density at radius 2 is 1.41 bits per heavy atom. The van der Waals surface area contributed by atoms with E-state index < -0.39 is 27.5 Å². The van der Waals surface area contributed by atoms with Crippen LogP contribution < -0.4 is 22.9 Å². The average Bonchev–Trinajstić information content (AvgIpc) is 3.54. The van der Waals surface area contributed by atoms with Crippen molar-refractivity contribution in [3.05, 3.63) is 104 Å². The summed E-state index contributed by atoms with van der Waals surface area (Å²) in [4.78, 5) is 12.8. The van der Waals surface area contributed by atoms with Gasteiger partial charge >= 0.3 is 0 Å². The molecule has 0 spiro atoms. The molecule has 3 fully saturated rings. The van der Waals surface area contributed by atoms with Crippen molar-refractivity contribution in [2.75, 3.05) is 5.75 Å². The van der Waals surface area contributed by atoms with E-state index in [1.807, 2.05) is 92.8 Å². The number of hydrogen-bond donors (Lipinski definition) is 2. The van der Waals surface area contributed by atoms with E-state index in [4.69, 9.17) is 5.73 Å². The quantitative estimate of drug-likeness (QED) is 0.457. The van der Waals surface area contributed by atoms with Crippen molar-refractivity contribution in [3.63, 3.8) is 0 Å². The van der Waals surface area contributed by atoms with E-state index in [0.717, 1.165) is 17.5 Å². The number of hydrogen-bond acceptors (Lipinski definition) is 4. The van der Waals surface area contributed by atoms with Gasteiger partial charge in [-0.1, -0.05) is 74.5 Å². The molecule has 202 valence electrons. The zero-order valence-electron chi connectivity index (χ0n) is 21.1. The van der Waals surface area contributed by atoms with Crippen LogP contribution in [0.3, 0.4) is 0 Å². The summed E-state index contributed by atoms with van der Waals surface area (Å²) in [6, 6.07) is 17.7.